The van der Waals surface area contributed by atoms with Crippen molar-refractivity contribution in [3.8, 4) is 11.1 Å². The zero-order valence-electron chi connectivity index (χ0n) is 16.4. The highest BCUT2D eigenvalue weighted by Crippen LogP contribution is 2.24. The first-order valence-corrected chi connectivity index (χ1v) is 12.4. The fraction of sp³-hybridized carbons (Fsp3) is 0.217. The molecule has 0 nitrogen and oxygen atoms in total. The second-order valence-corrected chi connectivity index (χ2v) is 12.0. The van der Waals surface area contributed by atoms with Crippen molar-refractivity contribution in [2.45, 2.75) is 32.9 Å². The maximum Gasteiger partial charge on any atom is 0.194 e. The number of halogens is 5. The summed E-state index contributed by atoms with van der Waals surface area (Å²) >= 11 is 0. The van der Waals surface area contributed by atoms with Gasteiger partial charge in [0.1, 0.15) is 19.7 Å². The molecule has 0 N–H and O–H groups in total. The maximum absolute atomic E-state index is 15.0. The minimum Gasteiger partial charge on any atom is -0.207 e. The highest BCUT2D eigenvalue weighted by atomic mass is 28.3. The molecule has 0 bridgehead atoms. The van der Waals surface area contributed by atoms with Crippen LogP contribution >= 0.6 is 0 Å². The lowest BCUT2D eigenvalue weighted by Gasteiger charge is -2.25. The molecule has 0 atom stereocenters. The van der Waals surface area contributed by atoms with Crippen molar-refractivity contribution < 1.29 is 22.0 Å². The van der Waals surface area contributed by atoms with Crippen molar-refractivity contribution >= 4 is 18.4 Å². The van der Waals surface area contributed by atoms with Gasteiger partial charge < -0.3 is 0 Å². The van der Waals surface area contributed by atoms with E-state index in [9.17, 15) is 22.0 Å². The molecule has 29 heavy (non-hydrogen) atoms. The third-order valence-electron chi connectivity index (χ3n) is 5.20. The minimum absolute atomic E-state index is 0.0726. The van der Waals surface area contributed by atoms with Gasteiger partial charge in [0.2, 0.25) is 0 Å². The maximum atomic E-state index is 15.0. The van der Waals surface area contributed by atoms with Crippen molar-refractivity contribution in [2.24, 2.45) is 0 Å². The van der Waals surface area contributed by atoms with E-state index in [4.69, 9.17) is 0 Å². The molecule has 0 heterocycles. The zero-order chi connectivity index (χ0) is 21.3. The van der Waals surface area contributed by atoms with Gasteiger partial charge >= 0.3 is 0 Å². The average molecular weight is 420 g/mol. The van der Waals surface area contributed by atoms with E-state index in [1.807, 2.05) is 24.3 Å². The van der Waals surface area contributed by atoms with E-state index >= 15 is 0 Å². The Morgan fingerprint density at radius 1 is 0.690 bits per heavy atom. The van der Waals surface area contributed by atoms with Crippen LogP contribution in [0.1, 0.15) is 18.9 Å². The van der Waals surface area contributed by atoms with Gasteiger partial charge in [-0.15, -0.1) is 0 Å². The lowest BCUT2D eigenvalue weighted by Crippen LogP contribution is -2.56. The predicted octanol–water partition coefficient (Wildman–Crippen LogP) is 5.82. The second-order valence-electron chi connectivity index (χ2n) is 7.64. The largest absolute Gasteiger partial charge is 0.207 e. The molecule has 152 valence electrons. The lowest BCUT2D eigenvalue weighted by molar-refractivity contribution is 0.448. The molecule has 0 aromatic heterocycles. The van der Waals surface area contributed by atoms with Gasteiger partial charge in [-0.3, -0.25) is 0 Å². The Morgan fingerprint density at radius 3 is 1.69 bits per heavy atom. The molecule has 0 aliphatic heterocycles. The number of aryl methyl sites for hydroxylation is 1. The van der Waals surface area contributed by atoms with Crippen molar-refractivity contribution in [1.82, 2.24) is 0 Å². The summed E-state index contributed by atoms with van der Waals surface area (Å²) in [5.41, 5.74) is 2.20. The van der Waals surface area contributed by atoms with Gasteiger partial charge in [-0.1, -0.05) is 50.7 Å². The molecule has 0 saturated heterocycles. The zero-order valence-corrected chi connectivity index (χ0v) is 17.4. The van der Waals surface area contributed by atoms with Gasteiger partial charge in [-0.25, -0.2) is 22.0 Å². The molecule has 0 amide bonds. The van der Waals surface area contributed by atoms with Gasteiger partial charge in [0, 0.05) is 5.19 Å². The topological polar surface area (TPSA) is 0 Å². The van der Waals surface area contributed by atoms with Crippen molar-refractivity contribution in [1.29, 1.82) is 0 Å². The van der Waals surface area contributed by atoms with Crippen LogP contribution in [0.5, 0.6) is 0 Å². The Bertz CT molecular complexity index is 996. The fourth-order valence-electron chi connectivity index (χ4n) is 3.55. The fourth-order valence-corrected chi connectivity index (χ4v) is 6.15. The molecule has 0 saturated carbocycles. The average Bonchev–Trinajstić information content (AvgIpc) is 2.65. The van der Waals surface area contributed by atoms with Crippen LogP contribution in [0, 0.1) is 29.1 Å². The Morgan fingerprint density at radius 2 is 1.21 bits per heavy atom. The summed E-state index contributed by atoms with van der Waals surface area (Å²) < 4.78 is 70.6. The van der Waals surface area contributed by atoms with Crippen LogP contribution < -0.4 is 10.4 Å². The van der Waals surface area contributed by atoms with E-state index in [1.54, 1.807) is 13.1 Å². The van der Waals surface area contributed by atoms with Crippen LogP contribution in [0.25, 0.3) is 11.1 Å². The molecule has 6 heteroatoms. The number of rotatable bonds is 5. The number of hydrogen-bond acceptors (Lipinski definition) is 0. The quantitative estimate of drug-likeness (QED) is 0.277. The van der Waals surface area contributed by atoms with Crippen molar-refractivity contribution in [3.05, 3.63) is 83.2 Å². The summed E-state index contributed by atoms with van der Waals surface area (Å²) in [5, 5.41) is -0.127. The van der Waals surface area contributed by atoms with E-state index in [0.717, 1.165) is 30.5 Å². The molecule has 3 aromatic rings. The molecular formula is C23H21F5Si. The molecule has 3 aromatic carbocycles. The second kappa shape index (κ2) is 8.11. The van der Waals surface area contributed by atoms with Crippen LogP contribution in [0.2, 0.25) is 13.1 Å². The smallest absolute Gasteiger partial charge is 0.194 e. The van der Waals surface area contributed by atoms with Crippen LogP contribution in [0.15, 0.2) is 48.5 Å². The molecule has 0 aliphatic carbocycles. The summed E-state index contributed by atoms with van der Waals surface area (Å²) in [7, 11) is -3.17. The predicted molar refractivity (Wildman–Crippen MR) is 109 cm³/mol. The molecule has 0 spiro atoms. The number of hydrogen-bond donors (Lipinski definition) is 0. The van der Waals surface area contributed by atoms with Crippen LogP contribution in [0.3, 0.4) is 0 Å². The Hall–Kier alpha value is -2.47. The molecule has 0 unspecified atom stereocenters. The first-order chi connectivity index (χ1) is 13.6. The van der Waals surface area contributed by atoms with Crippen molar-refractivity contribution in [3.63, 3.8) is 0 Å². The summed E-state index contributed by atoms with van der Waals surface area (Å²) in [6.07, 6.45) is 1.92. The monoisotopic (exact) mass is 420 g/mol. The van der Waals surface area contributed by atoms with Gasteiger partial charge in [0.05, 0.1) is 0 Å². The van der Waals surface area contributed by atoms with Crippen LogP contribution in [-0.4, -0.2) is 8.07 Å². The summed E-state index contributed by atoms with van der Waals surface area (Å²) in [5.74, 6) is -5.89. The van der Waals surface area contributed by atoms with E-state index in [-0.39, 0.29) is 10.4 Å². The highest BCUT2D eigenvalue weighted by molar-refractivity contribution is 7.00. The molecule has 0 radical (unpaired) electrons. The summed E-state index contributed by atoms with van der Waals surface area (Å²) in [6, 6.07) is 11.6. The number of benzene rings is 3. The Kier molecular flexibility index (Phi) is 5.94. The summed E-state index contributed by atoms with van der Waals surface area (Å²) in [4.78, 5) is 0. The van der Waals surface area contributed by atoms with Gasteiger partial charge in [0.15, 0.2) is 17.5 Å². The summed E-state index contributed by atoms with van der Waals surface area (Å²) in [6.45, 7) is 5.21. The standard InChI is InChI=1S/C23H21F5Si/c1-4-5-14-6-8-15(9-7-14)16-10-20(26)23(21(27)11-16)29(2,3)17-12-18(24)22(28)19(25)13-17/h6-13H,4-5H2,1-3H3. The Balaban J connectivity index is 2.05. The third kappa shape index (κ3) is 4.12. The van der Waals surface area contributed by atoms with E-state index in [2.05, 4.69) is 6.92 Å². The van der Waals surface area contributed by atoms with Gasteiger partial charge in [-0.2, -0.15) is 0 Å². The normalized spacial score (nSPS) is 11.7. The SMILES string of the molecule is CCCc1ccc(-c2cc(F)c([Si](C)(C)c3cc(F)c(F)c(F)c3)c(F)c2)cc1. The lowest BCUT2D eigenvalue weighted by atomic mass is 10.0. The molecular weight excluding hydrogens is 399 g/mol. The third-order valence-corrected chi connectivity index (χ3v) is 8.66. The highest BCUT2D eigenvalue weighted by Gasteiger charge is 2.34. The molecule has 0 fully saturated rings. The Labute approximate surface area is 168 Å². The first kappa shape index (κ1) is 21.2. The van der Waals surface area contributed by atoms with Gasteiger partial charge in [0.25, 0.3) is 0 Å². The van der Waals surface area contributed by atoms with E-state index < -0.39 is 37.2 Å². The van der Waals surface area contributed by atoms with Gasteiger partial charge in [-0.05, 0) is 52.6 Å². The first-order valence-electron chi connectivity index (χ1n) is 9.39. The molecule has 0 aliphatic rings. The van der Waals surface area contributed by atoms with Crippen molar-refractivity contribution in [2.75, 3.05) is 0 Å². The molecule has 3 rings (SSSR count). The minimum atomic E-state index is -3.17. The van der Waals surface area contributed by atoms with E-state index in [0.29, 0.717) is 11.1 Å². The van der Waals surface area contributed by atoms with Crippen LogP contribution in [-0.2, 0) is 6.42 Å². The van der Waals surface area contributed by atoms with Crippen LogP contribution in [0.4, 0.5) is 22.0 Å². The van der Waals surface area contributed by atoms with E-state index in [1.165, 1.54) is 12.1 Å².